The highest BCUT2D eigenvalue weighted by Gasteiger charge is 2.31. The molecule has 2 atom stereocenters. The number of amides is 1. The topological polar surface area (TPSA) is 64.4 Å². The van der Waals surface area contributed by atoms with Gasteiger partial charge in [0.05, 0.1) is 19.2 Å². The lowest BCUT2D eigenvalue weighted by molar-refractivity contribution is -0.0489. The largest absolute Gasteiger partial charge is 0.370 e. The quantitative estimate of drug-likeness (QED) is 0.834. The summed E-state index contributed by atoms with van der Waals surface area (Å²) in [6.45, 7) is 2.76. The molecule has 1 aliphatic heterocycles. The molecule has 1 aromatic carbocycles. The van der Waals surface area contributed by atoms with E-state index in [2.05, 4.69) is 5.10 Å². The molecule has 126 valence electrons. The van der Waals surface area contributed by atoms with E-state index in [4.69, 9.17) is 16.3 Å². The highest BCUT2D eigenvalue weighted by atomic mass is 35.5. The summed E-state index contributed by atoms with van der Waals surface area (Å²) in [7, 11) is 1.52. The van der Waals surface area contributed by atoms with E-state index >= 15 is 0 Å². The van der Waals surface area contributed by atoms with Crippen LogP contribution in [0.3, 0.4) is 0 Å². The molecule has 24 heavy (non-hydrogen) atoms. The molecule has 1 saturated heterocycles. The SMILES string of the molecule is C[C@H]1CO[C@H](c2cccc(Cl)c2)CN1C(=O)c1ccc(=O)n(C)n1. The van der Waals surface area contributed by atoms with Gasteiger partial charge in [-0.05, 0) is 30.7 Å². The van der Waals surface area contributed by atoms with Crippen molar-refractivity contribution in [3.05, 3.63) is 63.0 Å². The molecule has 0 bridgehead atoms. The van der Waals surface area contributed by atoms with Gasteiger partial charge in [0.2, 0.25) is 0 Å². The summed E-state index contributed by atoms with van der Waals surface area (Å²) >= 11 is 6.04. The number of morpholine rings is 1. The van der Waals surface area contributed by atoms with Gasteiger partial charge < -0.3 is 9.64 Å². The third-order valence-corrected chi connectivity index (χ3v) is 4.33. The van der Waals surface area contributed by atoms with E-state index < -0.39 is 0 Å². The number of rotatable bonds is 2. The molecule has 0 radical (unpaired) electrons. The molecule has 0 unspecified atom stereocenters. The Hall–Kier alpha value is -2.18. The van der Waals surface area contributed by atoms with Gasteiger partial charge >= 0.3 is 0 Å². The maximum absolute atomic E-state index is 12.8. The van der Waals surface area contributed by atoms with Gasteiger partial charge in [-0.15, -0.1) is 0 Å². The first-order valence-corrected chi connectivity index (χ1v) is 8.06. The maximum atomic E-state index is 12.8. The summed E-state index contributed by atoms with van der Waals surface area (Å²) in [5.74, 6) is -0.214. The van der Waals surface area contributed by atoms with Crippen molar-refractivity contribution < 1.29 is 9.53 Å². The van der Waals surface area contributed by atoms with E-state index in [1.54, 1.807) is 11.0 Å². The average molecular weight is 348 g/mol. The number of aryl methyl sites for hydroxylation is 1. The molecular weight excluding hydrogens is 330 g/mol. The second kappa shape index (κ2) is 6.75. The maximum Gasteiger partial charge on any atom is 0.274 e. The van der Waals surface area contributed by atoms with Crippen LogP contribution < -0.4 is 5.56 Å². The van der Waals surface area contributed by atoms with Crippen molar-refractivity contribution in [2.24, 2.45) is 7.05 Å². The van der Waals surface area contributed by atoms with Crippen molar-refractivity contribution in [2.45, 2.75) is 19.1 Å². The molecule has 0 aliphatic carbocycles. The molecule has 1 aromatic heterocycles. The minimum absolute atomic E-state index is 0.0769. The molecule has 3 rings (SSSR count). The predicted octanol–water partition coefficient (Wildman–Crippen LogP) is 2.04. The van der Waals surface area contributed by atoms with Crippen LogP contribution in [0.2, 0.25) is 5.02 Å². The third kappa shape index (κ3) is 3.34. The Bertz CT molecular complexity index is 821. The smallest absolute Gasteiger partial charge is 0.274 e. The van der Waals surface area contributed by atoms with Crippen LogP contribution in [0.5, 0.6) is 0 Å². The Balaban J connectivity index is 1.84. The van der Waals surface area contributed by atoms with E-state index in [0.29, 0.717) is 18.2 Å². The van der Waals surface area contributed by atoms with Crippen molar-refractivity contribution in [3.8, 4) is 0 Å². The summed E-state index contributed by atoms with van der Waals surface area (Å²) in [6, 6.07) is 10.2. The molecule has 7 heteroatoms. The zero-order chi connectivity index (χ0) is 17.3. The van der Waals surface area contributed by atoms with Crippen molar-refractivity contribution in [2.75, 3.05) is 13.2 Å². The highest BCUT2D eigenvalue weighted by molar-refractivity contribution is 6.30. The molecule has 0 spiro atoms. The Kier molecular flexibility index (Phi) is 4.69. The van der Waals surface area contributed by atoms with Gasteiger partial charge in [0.15, 0.2) is 0 Å². The van der Waals surface area contributed by atoms with Crippen LogP contribution in [0.15, 0.2) is 41.2 Å². The second-order valence-electron chi connectivity index (χ2n) is 5.86. The van der Waals surface area contributed by atoms with Crippen LogP contribution in [0, 0.1) is 0 Å². The molecular formula is C17H18ClN3O3. The summed E-state index contributed by atoms with van der Waals surface area (Å²) in [4.78, 5) is 26.0. The Morgan fingerprint density at radius 1 is 1.33 bits per heavy atom. The van der Waals surface area contributed by atoms with Crippen LogP contribution >= 0.6 is 11.6 Å². The van der Waals surface area contributed by atoms with Crippen molar-refractivity contribution >= 4 is 17.5 Å². The lowest BCUT2D eigenvalue weighted by Gasteiger charge is -2.38. The molecule has 2 aromatic rings. The number of benzene rings is 1. The lowest BCUT2D eigenvalue weighted by Crippen LogP contribution is -2.48. The Morgan fingerprint density at radius 2 is 2.12 bits per heavy atom. The number of carbonyl (C=O) groups excluding carboxylic acids is 1. The minimum atomic E-state index is -0.252. The molecule has 6 nitrogen and oxygen atoms in total. The van der Waals surface area contributed by atoms with Crippen LogP contribution in [0.4, 0.5) is 0 Å². The van der Waals surface area contributed by atoms with Gasteiger partial charge in [-0.25, -0.2) is 4.68 Å². The predicted molar refractivity (Wildman–Crippen MR) is 90.1 cm³/mol. The molecule has 1 fully saturated rings. The van der Waals surface area contributed by atoms with Crippen LogP contribution in [-0.4, -0.2) is 39.8 Å². The summed E-state index contributed by atoms with van der Waals surface area (Å²) < 4.78 is 7.02. The lowest BCUT2D eigenvalue weighted by atomic mass is 10.1. The van der Waals surface area contributed by atoms with Gasteiger partial charge in [0, 0.05) is 18.1 Å². The van der Waals surface area contributed by atoms with E-state index in [1.807, 2.05) is 25.1 Å². The number of hydrogen-bond acceptors (Lipinski definition) is 4. The molecule has 0 N–H and O–H groups in total. The second-order valence-corrected chi connectivity index (χ2v) is 6.30. The van der Waals surface area contributed by atoms with Gasteiger partial charge in [-0.2, -0.15) is 5.10 Å². The minimum Gasteiger partial charge on any atom is -0.370 e. The summed E-state index contributed by atoms with van der Waals surface area (Å²) in [5, 5.41) is 4.68. The van der Waals surface area contributed by atoms with Crippen molar-refractivity contribution in [3.63, 3.8) is 0 Å². The summed E-state index contributed by atoms with van der Waals surface area (Å²) in [6.07, 6.45) is -0.239. The zero-order valence-electron chi connectivity index (χ0n) is 13.5. The van der Waals surface area contributed by atoms with E-state index in [-0.39, 0.29) is 29.3 Å². The van der Waals surface area contributed by atoms with E-state index in [0.717, 1.165) is 10.2 Å². The van der Waals surface area contributed by atoms with Gasteiger partial charge in [-0.3, -0.25) is 9.59 Å². The molecule has 2 heterocycles. The van der Waals surface area contributed by atoms with Crippen LogP contribution in [0.1, 0.15) is 29.1 Å². The fourth-order valence-electron chi connectivity index (χ4n) is 2.71. The number of carbonyl (C=O) groups is 1. The molecule has 1 aliphatic rings. The monoisotopic (exact) mass is 347 g/mol. The zero-order valence-corrected chi connectivity index (χ0v) is 14.2. The van der Waals surface area contributed by atoms with Gasteiger partial charge in [-0.1, -0.05) is 23.7 Å². The standard InChI is InChI=1S/C17H18ClN3O3/c1-11-10-24-15(12-4-3-5-13(18)8-12)9-21(11)17(23)14-6-7-16(22)20(2)19-14/h3-8,11,15H,9-10H2,1-2H3/t11-,15-/m0/s1. The first-order valence-electron chi connectivity index (χ1n) is 7.68. The highest BCUT2D eigenvalue weighted by Crippen LogP contribution is 2.27. The van der Waals surface area contributed by atoms with E-state index in [9.17, 15) is 9.59 Å². The Morgan fingerprint density at radius 3 is 2.83 bits per heavy atom. The van der Waals surface area contributed by atoms with Crippen molar-refractivity contribution in [1.82, 2.24) is 14.7 Å². The van der Waals surface area contributed by atoms with Gasteiger partial charge in [0.1, 0.15) is 11.8 Å². The van der Waals surface area contributed by atoms with Crippen LogP contribution in [-0.2, 0) is 11.8 Å². The number of hydrogen-bond donors (Lipinski definition) is 0. The fraction of sp³-hybridized carbons (Fsp3) is 0.353. The third-order valence-electron chi connectivity index (χ3n) is 4.09. The van der Waals surface area contributed by atoms with E-state index in [1.165, 1.54) is 19.2 Å². The average Bonchev–Trinajstić information content (AvgIpc) is 2.57. The first-order chi connectivity index (χ1) is 11.5. The number of halogens is 1. The Labute approximate surface area is 144 Å². The molecule has 1 amide bonds. The normalized spacial score (nSPS) is 20.9. The number of nitrogens with zero attached hydrogens (tertiary/aromatic N) is 3. The van der Waals surface area contributed by atoms with Crippen molar-refractivity contribution in [1.29, 1.82) is 0 Å². The fourth-order valence-corrected chi connectivity index (χ4v) is 2.91. The first kappa shape index (κ1) is 16.7. The summed E-state index contributed by atoms with van der Waals surface area (Å²) in [5.41, 5.74) is 0.926. The molecule has 0 saturated carbocycles. The van der Waals surface area contributed by atoms with Crippen LogP contribution in [0.25, 0.3) is 0 Å². The number of ether oxygens (including phenoxy) is 1. The number of aromatic nitrogens is 2. The van der Waals surface area contributed by atoms with Gasteiger partial charge in [0.25, 0.3) is 11.5 Å².